The van der Waals surface area contributed by atoms with E-state index in [2.05, 4.69) is 40.7 Å². The predicted octanol–water partition coefficient (Wildman–Crippen LogP) is 4.67. The molecule has 0 saturated heterocycles. The minimum atomic E-state index is -0.468. The van der Waals surface area contributed by atoms with Gasteiger partial charge in [0, 0.05) is 41.8 Å². The number of allylic oxidation sites excluding steroid dienone is 1. The van der Waals surface area contributed by atoms with Crippen LogP contribution in [0.2, 0.25) is 0 Å². The average molecular weight is 451 g/mol. The van der Waals surface area contributed by atoms with Crippen molar-refractivity contribution in [3.8, 4) is 11.8 Å². The second kappa shape index (κ2) is 9.70. The normalized spacial score (nSPS) is 11.6. The Morgan fingerprint density at radius 1 is 1.12 bits per heavy atom. The molecule has 0 aliphatic heterocycles. The molecule has 4 aromatic rings. The highest BCUT2D eigenvalue weighted by molar-refractivity contribution is 5.82. The Kier molecular flexibility index (Phi) is 6.55. The number of nitrogens with one attached hydrogen (secondary N) is 4. The van der Waals surface area contributed by atoms with E-state index in [9.17, 15) is 0 Å². The van der Waals surface area contributed by atoms with Crippen LogP contribution >= 0.6 is 0 Å². The quantitative estimate of drug-likeness (QED) is 0.294. The van der Waals surface area contributed by atoms with E-state index < -0.39 is 5.82 Å². The number of halogens is 1. The summed E-state index contributed by atoms with van der Waals surface area (Å²) in [5, 5.41) is 14.0. The topological polar surface area (TPSA) is 107 Å². The SMILES string of the molecule is C/C=C/c1cc(Nc2cc(NCCN(C)C)nc(Oc3ccc4[nH]c(C)cc4c3F)n2)n[nH]1. The van der Waals surface area contributed by atoms with Gasteiger partial charge in [0.05, 0.1) is 5.69 Å². The van der Waals surface area contributed by atoms with E-state index in [0.29, 0.717) is 34.9 Å². The van der Waals surface area contributed by atoms with Crippen LogP contribution in [-0.4, -0.2) is 57.2 Å². The molecular formula is C23H27FN8O. The van der Waals surface area contributed by atoms with Crippen LogP contribution in [0.3, 0.4) is 0 Å². The largest absolute Gasteiger partial charge is 0.421 e. The van der Waals surface area contributed by atoms with Gasteiger partial charge in [0.15, 0.2) is 17.4 Å². The van der Waals surface area contributed by atoms with Crippen LogP contribution in [-0.2, 0) is 0 Å². The first kappa shape index (κ1) is 22.3. The van der Waals surface area contributed by atoms with Gasteiger partial charge in [-0.3, -0.25) is 5.10 Å². The molecule has 0 radical (unpaired) electrons. The maximum atomic E-state index is 15.0. The van der Waals surface area contributed by atoms with E-state index in [1.165, 1.54) is 0 Å². The smallest absolute Gasteiger partial charge is 0.326 e. The summed E-state index contributed by atoms with van der Waals surface area (Å²) in [5.74, 6) is 1.18. The van der Waals surface area contributed by atoms with Crippen LogP contribution < -0.4 is 15.4 Å². The number of fused-ring (bicyclic) bond motifs is 1. The molecule has 0 atom stereocenters. The lowest BCUT2D eigenvalue weighted by molar-refractivity contribution is 0.414. The van der Waals surface area contributed by atoms with Gasteiger partial charge in [-0.05, 0) is 52.2 Å². The van der Waals surface area contributed by atoms with Gasteiger partial charge in [-0.2, -0.15) is 15.1 Å². The number of hydrogen-bond acceptors (Lipinski definition) is 7. The van der Waals surface area contributed by atoms with E-state index in [1.54, 1.807) is 24.3 Å². The molecule has 0 unspecified atom stereocenters. The number of benzene rings is 1. The molecule has 1 aromatic carbocycles. The van der Waals surface area contributed by atoms with Gasteiger partial charge in [0.2, 0.25) is 0 Å². The predicted molar refractivity (Wildman–Crippen MR) is 129 cm³/mol. The van der Waals surface area contributed by atoms with Crippen molar-refractivity contribution >= 4 is 34.4 Å². The standard InChI is InChI=1S/C23H27FN8O/c1-5-6-15-12-21(31-30-15)27-20-13-19(25-9-10-32(3)4)28-23(29-20)33-18-8-7-17-16(22(18)24)11-14(2)26-17/h5-8,11-13,26H,9-10H2,1-4H3,(H3,25,27,28,29,30,31)/b6-5+. The Bertz CT molecular complexity index is 1280. The summed E-state index contributed by atoms with van der Waals surface area (Å²) in [5.41, 5.74) is 2.43. The monoisotopic (exact) mass is 450 g/mol. The Morgan fingerprint density at radius 2 is 1.94 bits per heavy atom. The number of rotatable bonds is 9. The highest BCUT2D eigenvalue weighted by Gasteiger charge is 2.14. The number of nitrogens with zero attached hydrogens (tertiary/aromatic N) is 4. The van der Waals surface area contributed by atoms with Crippen molar-refractivity contribution in [2.75, 3.05) is 37.8 Å². The van der Waals surface area contributed by atoms with E-state index >= 15 is 4.39 Å². The van der Waals surface area contributed by atoms with Crippen LogP contribution in [0, 0.1) is 12.7 Å². The van der Waals surface area contributed by atoms with Crippen LogP contribution in [0.25, 0.3) is 17.0 Å². The third-order valence-corrected chi connectivity index (χ3v) is 4.81. The van der Waals surface area contributed by atoms with E-state index in [1.807, 2.05) is 46.2 Å². The van der Waals surface area contributed by atoms with E-state index in [4.69, 9.17) is 4.74 Å². The number of ether oxygens (including phenoxy) is 1. The molecule has 0 spiro atoms. The molecule has 3 heterocycles. The number of likely N-dealkylation sites (N-methyl/N-ethyl adjacent to an activating group) is 1. The average Bonchev–Trinajstić information content (AvgIpc) is 3.36. The number of hydrogen-bond donors (Lipinski definition) is 4. The Hall–Kier alpha value is -3.92. The van der Waals surface area contributed by atoms with Crippen LogP contribution in [0.5, 0.6) is 11.8 Å². The molecule has 0 amide bonds. The second-order valence-electron chi connectivity index (χ2n) is 7.88. The molecule has 4 rings (SSSR count). The van der Waals surface area contributed by atoms with Crippen molar-refractivity contribution in [1.29, 1.82) is 0 Å². The summed E-state index contributed by atoms with van der Waals surface area (Å²) in [6, 6.07) is 8.69. The Morgan fingerprint density at radius 3 is 2.73 bits per heavy atom. The van der Waals surface area contributed by atoms with Gasteiger partial charge < -0.3 is 25.3 Å². The third kappa shape index (κ3) is 5.47. The van der Waals surface area contributed by atoms with Gasteiger partial charge in [-0.15, -0.1) is 0 Å². The first-order valence-electron chi connectivity index (χ1n) is 10.6. The van der Waals surface area contributed by atoms with Crippen molar-refractivity contribution in [3.63, 3.8) is 0 Å². The first-order chi connectivity index (χ1) is 15.9. The zero-order valence-electron chi connectivity index (χ0n) is 19.0. The number of anilines is 3. The summed E-state index contributed by atoms with van der Waals surface area (Å²) in [6.07, 6.45) is 3.82. The van der Waals surface area contributed by atoms with Gasteiger partial charge in [-0.25, -0.2) is 4.39 Å². The molecule has 0 bridgehead atoms. The lowest BCUT2D eigenvalue weighted by Gasteiger charge is -2.13. The Labute approximate surface area is 191 Å². The summed E-state index contributed by atoms with van der Waals surface area (Å²) in [6.45, 7) is 5.28. The molecule has 172 valence electrons. The van der Waals surface area contributed by atoms with Gasteiger partial charge in [0.25, 0.3) is 0 Å². The summed E-state index contributed by atoms with van der Waals surface area (Å²) in [4.78, 5) is 14.0. The maximum Gasteiger partial charge on any atom is 0.326 e. The van der Waals surface area contributed by atoms with Gasteiger partial charge >= 0.3 is 6.01 Å². The number of H-pyrrole nitrogens is 2. The minimum absolute atomic E-state index is 0.0158. The van der Waals surface area contributed by atoms with Crippen molar-refractivity contribution in [3.05, 3.63) is 53.6 Å². The summed E-state index contributed by atoms with van der Waals surface area (Å²) < 4.78 is 20.8. The molecule has 0 fully saturated rings. The first-order valence-corrected chi connectivity index (χ1v) is 10.6. The van der Waals surface area contributed by atoms with Crippen molar-refractivity contribution in [2.45, 2.75) is 13.8 Å². The van der Waals surface area contributed by atoms with Crippen LogP contribution in [0.1, 0.15) is 18.3 Å². The van der Waals surface area contributed by atoms with Gasteiger partial charge in [-0.1, -0.05) is 6.08 Å². The maximum absolute atomic E-state index is 15.0. The highest BCUT2D eigenvalue weighted by atomic mass is 19.1. The van der Waals surface area contributed by atoms with Gasteiger partial charge in [0.1, 0.15) is 11.6 Å². The van der Waals surface area contributed by atoms with E-state index in [-0.39, 0.29) is 11.8 Å². The zero-order chi connectivity index (χ0) is 23.4. The molecule has 0 saturated carbocycles. The van der Waals surface area contributed by atoms with E-state index in [0.717, 1.165) is 17.9 Å². The molecular weight excluding hydrogens is 423 g/mol. The lowest BCUT2D eigenvalue weighted by Crippen LogP contribution is -2.21. The number of aromatic amines is 2. The van der Waals surface area contributed by atoms with Crippen LogP contribution in [0.15, 0.2) is 36.4 Å². The molecule has 9 nitrogen and oxygen atoms in total. The number of aromatic nitrogens is 5. The fraction of sp³-hybridized carbons (Fsp3) is 0.261. The minimum Gasteiger partial charge on any atom is -0.421 e. The van der Waals surface area contributed by atoms with Crippen molar-refractivity contribution in [2.24, 2.45) is 0 Å². The highest BCUT2D eigenvalue weighted by Crippen LogP contribution is 2.30. The molecule has 10 heteroatoms. The summed E-state index contributed by atoms with van der Waals surface area (Å²) >= 11 is 0. The lowest BCUT2D eigenvalue weighted by atomic mass is 10.2. The van der Waals surface area contributed by atoms with Crippen molar-refractivity contribution < 1.29 is 9.13 Å². The fourth-order valence-corrected chi connectivity index (χ4v) is 3.29. The molecule has 33 heavy (non-hydrogen) atoms. The zero-order valence-corrected chi connectivity index (χ0v) is 19.0. The number of aryl methyl sites for hydroxylation is 1. The van der Waals surface area contributed by atoms with Crippen molar-refractivity contribution in [1.82, 2.24) is 30.0 Å². The molecule has 3 aromatic heterocycles. The fourth-order valence-electron chi connectivity index (χ4n) is 3.29. The Balaban J connectivity index is 1.62. The summed E-state index contributed by atoms with van der Waals surface area (Å²) in [7, 11) is 3.98. The second-order valence-corrected chi connectivity index (χ2v) is 7.88. The van der Waals surface area contributed by atoms with Crippen LogP contribution in [0.4, 0.5) is 21.8 Å². The third-order valence-electron chi connectivity index (χ3n) is 4.81. The molecule has 0 aliphatic carbocycles. The molecule has 0 aliphatic rings. The molecule has 4 N–H and O–H groups in total.